The molecule has 2 unspecified atom stereocenters. The second kappa shape index (κ2) is 25.6. The molecule has 2 atom stereocenters. The molecule has 1 aliphatic heterocycles. The highest BCUT2D eigenvalue weighted by atomic mass is 16.8. The van der Waals surface area contributed by atoms with Gasteiger partial charge in [0, 0.05) is 12.2 Å². The summed E-state index contributed by atoms with van der Waals surface area (Å²) in [6, 6.07) is 24.2. The van der Waals surface area contributed by atoms with Gasteiger partial charge >= 0.3 is 35.8 Å². The summed E-state index contributed by atoms with van der Waals surface area (Å²) in [5.74, 6) is -2.25. The number of benzene rings is 4. The first kappa shape index (κ1) is 47.7. The molecular weight excluding hydrogens is 833 g/mol. The van der Waals surface area contributed by atoms with E-state index in [1.165, 1.54) is 48.5 Å². The molecule has 16 nitrogen and oxygen atoms in total. The van der Waals surface area contributed by atoms with Crippen LogP contribution in [0.25, 0.3) is 0 Å². The van der Waals surface area contributed by atoms with Crippen LogP contribution in [0, 0.1) is 0 Å². The van der Waals surface area contributed by atoms with Crippen molar-refractivity contribution in [2.45, 2.75) is 51.1 Å². The van der Waals surface area contributed by atoms with Crippen LogP contribution in [0.5, 0.6) is 23.0 Å². The molecule has 0 N–H and O–H groups in total. The third kappa shape index (κ3) is 15.9. The fourth-order valence-corrected chi connectivity index (χ4v) is 5.64. The molecule has 0 radical (unpaired) electrons. The number of hydrogen-bond donors (Lipinski definition) is 0. The molecular formula is C48H48O16. The number of ether oxygens (including phenoxy) is 10. The van der Waals surface area contributed by atoms with E-state index in [1.54, 1.807) is 48.5 Å². The molecule has 0 bridgehead atoms. The van der Waals surface area contributed by atoms with Crippen LogP contribution >= 0.6 is 0 Å². The van der Waals surface area contributed by atoms with Crippen molar-refractivity contribution < 1.29 is 76.1 Å². The molecule has 0 spiro atoms. The summed E-state index contributed by atoms with van der Waals surface area (Å²) in [4.78, 5) is 73.7. The SMILES string of the molecule is C=CC(=O)OCCCCCOc1ccc(C(=O)Oc2ccc(C(=O)OC3OCCOC3OC(=O)c3ccc(OC(=O)c4ccc(OCCCCCOC(=O)C=C)cc4)cc3)cc2)cc1. The van der Waals surface area contributed by atoms with Crippen LogP contribution in [0.15, 0.2) is 122 Å². The van der Waals surface area contributed by atoms with Crippen LogP contribution < -0.4 is 18.9 Å². The number of unbranched alkanes of at least 4 members (excludes halogenated alkanes) is 4. The Labute approximate surface area is 369 Å². The normalized spacial score (nSPS) is 14.2. The van der Waals surface area contributed by atoms with Crippen molar-refractivity contribution in [1.29, 1.82) is 0 Å². The third-order valence-corrected chi connectivity index (χ3v) is 9.03. The number of rotatable bonds is 24. The monoisotopic (exact) mass is 880 g/mol. The summed E-state index contributed by atoms with van der Waals surface area (Å²) in [6.07, 6.45) is 4.02. The maximum atomic E-state index is 13.0. The van der Waals surface area contributed by atoms with E-state index in [0.717, 1.165) is 37.8 Å². The summed E-state index contributed by atoms with van der Waals surface area (Å²) < 4.78 is 54.2. The Bertz CT molecular complexity index is 2020. The predicted octanol–water partition coefficient (Wildman–Crippen LogP) is 7.39. The molecule has 336 valence electrons. The molecule has 1 aliphatic rings. The molecule has 0 aromatic heterocycles. The molecule has 5 rings (SSSR count). The van der Waals surface area contributed by atoms with Crippen molar-refractivity contribution in [3.05, 3.63) is 145 Å². The Morgan fingerprint density at radius 2 is 0.750 bits per heavy atom. The predicted molar refractivity (Wildman–Crippen MR) is 227 cm³/mol. The van der Waals surface area contributed by atoms with E-state index >= 15 is 0 Å². The molecule has 1 fully saturated rings. The highest BCUT2D eigenvalue weighted by molar-refractivity contribution is 5.93. The van der Waals surface area contributed by atoms with Gasteiger partial charge in [-0.25, -0.2) is 28.8 Å². The van der Waals surface area contributed by atoms with Crippen molar-refractivity contribution in [2.24, 2.45) is 0 Å². The van der Waals surface area contributed by atoms with Gasteiger partial charge in [0.25, 0.3) is 12.6 Å². The number of hydrogen-bond acceptors (Lipinski definition) is 16. The molecule has 1 heterocycles. The minimum atomic E-state index is -1.39. The van der Waals surface area contributed by atoms with Crippen molar-refractivity contribution in [3.63, 3.8) is 0 Å². The van der Waals surface area contributed by atoms with Gasteiger partial charge in [-0.2, -0.15) is 0 Å². The summed E-state index contributed by atoms with van der Waals surface area (Å²) in [7, 11) is 0. The van der Waals surface area contributed by atoms with E-state index in [-0.39, 0.29) is 47.0 Å². The molecule has 0 saturated carbocycles. The first-order valence-corrected chi connectivity index (χ1v) is 20.5. The minimum absolute atomic E-state index is 0.0678. The molecule has 4 aromatic carbocycles. The number of carbonyl (C=O) groups is 6. The lowest BCUT2D eigenvalue weighted by Gasteiger charge is -2.30. The summed E-state index contributed by atoms with van der Waals surface area (Å²) in [6.45, 7) is 8.39. The van der Waals surface area contributed by atoms with Gasteiger partial charge in [0.15, 0.2) is 0 Å². The van der Waals surface area contributed by atoms with Crippen LogP contribution in [0.2, 0.25) is 0 Å². The zero-order valence-corrected chi connectivity index (χ0v) is 35.0. The lowest BCUT2D eigenvalue weighted by atomic mass is 10.2. The largest absolute Gasteiger partial charge is 0.494 e. The van der Waals surface area contributed by atoms with Gasteiger partial charge in [-0.15, -0.1) is 0 Å². The lowest BCUT2D eigenvalue weighted by Crippen LogP contribution is -2.44. The van der Waals surface area contributed by atoms with Crippen molar-refractivity contribution >= 4 is 35.8 Å². The number of carbonyl (C=O) groups excluding carboxylic acids is 6. The van der Waals surface area contributed by atoms with Gasteiger partial charge in [-0.3, -0.25) is 0 Å². The van der Waals surface area contributed by atoms with Crippen molar-refractivity contribution in [1.82, 2.24) is 0 Å². The highest BCUT2D eigenvalue weighted by Gasteiger charge is 2.34. The van der Waals surface area contributed by atoms with E-state index in [0.29, 0.717) is 50.8 Å². The van der Waals surface area contributed by atoms with Crippen LogP contribution in [-0.2, 0) is 38.0 Å². The second-order valence-electron chi connectivity index (χ2n) is 13.7. The molecule has 4 aromatic rings. The first-order chi connectivity index (χ1) is 31.1. The second-order valence-corrected chi connectivity index (χ2v) is 13.7. The summed E-state index contributed by atoms with van der Waals surface area (Å²) >= 11 is 0. The van der Waals surface area contributed by atoms with E-state index in [2.05, 4.69) is 13.2 Å². The van der Waals surface area contributed by atoms with E-state index in [1.807, 2.05) is 0 Å². The van der Waals surface area contributed by atoms with Gasteiger partial charge in [-0.1, -0.05) is 13.2 Å². The van der Waals surface area contributed by atoms with E-state index in [9.17, 15) is 28.8 Å². The van der Waals surface area contributed by atoms with Gasteiger partial charge in [0.1, 0.15) is 23.0 Å². The molecule has 0 aliphatic carbocycles. The van der Waals surface area contributed by atoms with Gasteiger partial charge < -0.3 is 47.4 Å². The smallest absolute Gasteiger partial charge is 0.343 e. The minimum Gasteiger partial charge on any atom is -0.494 e. The van der Waals surface area contributed by atoms with Crippen LogP contribution in [0.4, 0.5) is 0 Å². The van der Waals surface area contributed by atoms with Crippen LogP contribution in [-0.4, -0.2) is 88.0 Å². The quantitative estimate of drug-likeness (QED) is 0.0222. The fraction of sp³-hybridized carbons (Fsp3) is 0.292. The third-order valence-electron chi connectivity index (χ3n) is 9.03. The highest BCUT2D eigenvalue weighted by Crippen LogP contribution is 2.22. The average Bonchev–Trinajstić information content (AvgIpc) is 3.32. The van der Waals surface area contributed by atoms with Crippen molar-refractivity contribution in [2.75, 3.05) is 39.6 Å². The van der Waals surface area contributed by atoms with Gasteiger partial charge in [0.2, 0.25) is 0 Å². The Balaban J connectivity index is 1.02. The van der Waals surface area contributed by atoms with Crippen molar-refractivity contribution in [3.8, 4) is 23.0 Å². The first-order valence-electron chi connectivity index (χ1n) is 20.5. The molecule has 1 saturated heterocycles. The van der Waals surface area contributed by atoms with Crippen LogP contribution in [0.3, 0.4) is 0 Å². The van der Waals surface area contributed by atoms with Gasteiger partial charge in [0.05, 0.1) is 61.9 Å². The standard InChI is InChI=1S/C48H48O16/c1-3-41(49)57-29-9-5-7-27-55-37-19-11-33(12-20-37)43(51)61-39-23-15-35(16-24-39)45(53)63-47-48(60-32-31-59-47)64-46(54)36-17-25-40(26-18-36)62-44(52)34-13-21-38(22-14-34)56-28-8-6-10-30-58-42(50)4-2/h3-4,11-26,47-48H,1-2,5-10,27-32H2. The zero-order valence-electron chi connectivity index (χ0n) is 35.0. The zero-order chi connectivity index (χ0) is 45.5. The molecule has 64 heavy (non-hydrogen) atoms. The fourth-order valence-electron chi connectivity index (χ4n) is 5.64. The van der Waals surface area contributed by atoms with E-state index < -0.39 is 48.4 Å². The summed E-state index contributed by atoms with van der Waals surface area (Å²) in [5.41, 5.74) is 0.765. The van der Waals surface area contributed by atoms with E-state index in [4.69, 9.17) is 47.4 Å². The Kier molecular flexibility index (Phi) is 19.1. The maximum absolute atomic E-state index is 13.0. The average molecular weight is 881 g/mol. The molecule has 16 heteroatoms. The van der Waals surface area contributed by atoms with Gasteiger partial charge in [-0.05, 0) is 136 Å². The lowest BCUT2D eigenvalue weighted by molar-refractivity contribution is -0.288. The Hall–Kier alpha value is -7.30. The Morgan fingerprint density at radius 1 is 0.438 bits per heavy atom. The topological polar surface area (TPSA) is 195 Å². The summed E-state index contributed by atoms with van der Waals surface area (Å²) in [5, 5.41) is 0. The maximum Gasteiger partial charge on any atom is 0.343 e. The molecule has 0 amide bonds. The van der Waals surface area contributed by atoms with Crippen LogP contribution in [0.1, 0.15) is 80.0 Å². The Morgan fingerprint density at radius 3 is 1.09 bits per heavy atom. The number of esters is 6.